The second kappa shape index (κ2) is 8.70. The third-order valence-corrected chi connectivity index (χ3v) is 4.10. The Balaban J connectivity index is 3.22. The number of para-hydroxylation sites is 1. The minimum Gasteiger partial charge on any atom is -0.416 e. The number of hydrogen-bond donors (Lipinski definition) is 0. The van der Waals surface area contributed by atoms with Crippen LogP contribution in [0.15, 0.2) is 18.2 Å². The number of carbonyl (C=O) groups is 1. The van der Waals surface area contributed by atoms with Gasteiger partial charge in [0.05, 0.1) is 5.92 Å². The molecule has 0 saturated carbocycles. The summed E-state index contributed by atoms with van der Waals surface area (Å²) in [5, 5.41) is 0. The van der Waals surface area contributed by atoms with Crippen LogP contribution >= 0.6 is 0 Å². The number of carbonyl (C=O) groups excluding carboxylic acids is 1. The largest absolute Gasteiger partial charge is 0.416 e. The van der Waals surface area contributed by atoms with Gasteiger partial charge in [0, 0.05) is 31.3 Å². The predicted octanol–water partition coefficient (Wildman–Crippen LogP) is 4.45. The molecule has 0 aromatic heterocycles. The second-order valence-electron chi connectivity index (χ2n) is 8.47. The average molecular weight is 360 g/mol. The summed E-state index contributed by atoms with van der Waals surface area (Å²) in [4.78, 5) is 12.4. The van der Waals surface area contributed by atoms with Gasteiger partial charge >= 0.3 is 5.97 Å². The van der Waals surface area contributed by atoms with E-state index in [-0.39, 0.29) is 16.7 Å². The molecule has 1 aromatic rings. The SMILES string of the molecule is COC(OC)C(C)C#CC(=O)Oc1c(C(C)(C)C)cccc1C(C)(C)C. The number of esters is 1. The molecule has 0 fully saturated rings. The second-order valence-corrected chi connectivity index (χ2v) is 8.47. The summed E-state index contributed by atoms with van der Waals surface area (Å²) in [6, 6.07) is 6.01. The highest BCUT2D eigenvalue weighted by Gasteiger charge is 2.27. The molecule has 26 heavy (non-hydrogen) atoms. The minimum absolute atomic E-state index is 0.158. The molecule has 0 bridgehead atoms. The smallest absolute Gasteiger partial charge is 0.389 e. The van der Waals surface area contributed by atoms with Gasteiger partial charge in [0.1, 0.15) is 5.75 Å². The van der Waals surface area contributed by atoms with E-state index in [1.165, 1.54) is 0 Å². The molecule has 0 spiro atoms. The lowest BCUT2D eigenvalue weighted by molar-refractivity contribution is -0.128. The van der Waals surface area contributed by atoms with Gasteiger partial charge in [0.25, 0.3) is 0 Å². The van der Waals surface area contributed by atoms with E-state index < -0.39 is 12.3 Å². The van der Waals surface area contributed by atoms with Crippen molar-refractivity contribution in [3.05, 3.63) is 29.3 Å². The maximum atomic E-state index is 12.4. The fourth-order valence-corrected chi connectivity index (χ4v) is 2.69. The third kappa shape index (κ3) is 5.86. The number of rotatable bonds is 4. The lowest BCUT2D eigenvalue weighted by Gasteiger charge is -2.28. The minimum atomic E-state index is -0.579. The summed E-state index contributed by atoms with van der Waals surface area (Å²) in [5.41, 5.74) is 1.66. The van der Waals surface area contributed by atoms with Crippen molar-refractivity contribution in [2.75, 3.05) is 14.2 Å². The molecule has 0 amide bonds. The molecule has 0 saturated heterocycles. The summed E-state index contributed by atoms with van der Waals surface area (Å²) < 4.78 is 16.1. The monoisotopic (exact) mass is 360 g/mol. The van der Waals surface area contributed by atoms with Crippen molar-refractivity contribution < 1.29 is 19.0 Å². The van der Waals surface area contributed by atoms with Gasteiger partial charge < -0.3 is 14.2 Å². The maximum Gasteiger partial charge on any atom is 0.389 e. The first-order chi connectivity index (χ1) is 11.9. The van der Waals surface area contributed by atoms with E-state index >= 15 is 0 Å². The van der Waals surface area contributed by atoms with Crippen molar-refractivity contribution in [1.29, 1.82) is 0 Å². The van der Waals surface area contributed by atoms with Crippen LogP contribution in [0.1, 0.15) is 59.6 Å². The molecular formula is C22H32O4. The summed E-state index contributed by atoms with van der Waals surface area (Å²) in [6.45, 7) is 14.4. The number of methoxy groups -OCH3 is 2. The molecule has 0 radical (unpaired) electrons. The molecular weight excluding hydrogens is 328 g/mol. The van der Waals surface area contributed by atoms with Gasteiger partial charge in [-0.2, -0.15) is 0 Å². The van der Waals surface area contributed by atoms with E-state index in [9.17, 15) is 4.79 Å². The normalized spacial score (nSPS) is 13.2. The van der Waals surface area contributed by atoms with E-state index in [0.717, 1.165) is 11.1 Å². The van der Waals surface area contributed by atoms with Gasteiger partial charge in [-0.15, -0.1) is 0 Å². The van der Waals surface area contributed by atoms with Gasteiger partial charge in [-0.25, -0.2) is 4.79 Å². The average Bonchev–Trinajstić information content (AvgIpc) is 2.52. The lowest BCUT2D eigenvalue weighted by Crippen LogP contribution is -2.22. The fourth-order valence-electron chi connectivity index (χ4n) is 2.69. The van der Waals surface area contributed by atoms with Crippen molar-refractivity contribution in [2.45, 2.75) is 65.6 Å². The Morgan fingerprint density at radius 2 is 1.42 bits per heavy atom. The summed E-state index contributed by atoms with van der Waals surface area (Å²) in [7, 11) is 3.08. The molecule has 0 aliphatic carbocycles. The van der Waals surface area contributed by atoms with Crippen LogP contribution in [0.25, 0.3) is 0 Å². The van der Waals surface area contributed by atoms with Gasteiger partial charge in [0.2, 0.25) is 0 Å². The van der Waals surface area contributed by atoms with Crippen LogP contribution in [0, 0.1) is 17.8 Å². The van der Waals surface area contributed by atoms with Crippen LogP contribution in [-0.2, 0) is 25.1 Å². The molecule has 4 nitrogen and oxygen atoms in total. The summed E-state index contributed by atoms with van der Waals surface area (Å²) in [6.07, 6.45) is -0.484. The molecule has 1 atom stereocenters. The zero-order valence-corrected chi connectivity index (χ0v) is 17.5. The quantitative estimate of drug-likeness (QED) is 0.262. The molecule has 0 N–H and O–H groups in total. The first-order valence-corrected chi connectivity index (χ1v) is 8.84. The molecule has 1 aromatic carbocycles. The van der Waals surface area contributed by atoms with Crippen molar-refractivity contribution in [3.8, 4) is 17.6 Å². The molecule has 144 valence electrons. The van der Waals surface area contributed by atoms with Crippen molar-refractivity contribution in [1.82, 2.24) is 0 Å². The summed E-state index contributed by atoms with van der Waals surface area (Å²) in [5.74, 6) is 5.19. The third-order valence-electron chi connectivity index (χ3n) is 4.10. The van der Waals surface area contributed by atoms with Crippen LogP contribution in [0.4, 0.5) is 0 Å². The topological polar surface area (TPSA) is 44.8 Å². The van der Waals surface area contributed by atoms with E-state index in [1.54, 1.807) is 14.2 Å². The Morgan fingerprint density at radius 1 is 0.962 bits per heavy atom. The highest BCUT2D eigenvalue weighted by atomic mass is 16.7. The zero-order valence-electron chi connectivity index (χ0n) is 17.5. The van der Waals surface area contributed by atoms with Gasteiger partial charge in [-0.1, -0.05) is 65.7 Å². The number of hydrogen-bond acceptors (Lipinski definition) is 4. The standard InChI is InChI=1S/C22H32O4/c1-15(20(24-8)25-9)13-14-18(23)26-19-16(21(2,3)4)11-10-12-17(19)22(5,6)7/h10-12,15,20H,1-9H3. The lowest BCUT2D eigenvalue weighted by atomic mass is 9.79. The van der Waals surface area contributed by atoms with Crippen molar-refractivity contribution in [2.24, 2.45) is 5.92 Å². The Bertz CT molecular complexity index is 645. The molecule has 4 heteroatoms. The Labute approximate surface area is 158 Å². The number of benzene rings is 1. The molecule has 0 aliphatic heterocycles. The highest BCUT2D eigenvalue weighted by Crippen LogP contribution is 2.39. The van der Waals surface area contributed by atoms with E-state index in [1.807, 2.05) is 25.1 Å². The summed E-state index contributed by atoms with van der Waals surface area (Å²) >= 11 is 0. The first kappa shape index (κ1) is 22.2. The molecule has 1 unspecified atom stereocenters. The Morgan fingerprint density at radius 3 is 1.81 bits per heavy atom. The van der Waals surface area contributed by atoms with Crippen LogP contribution in [-0.4, -0.2) is 26.5 Å². The van der Waals surface area contributed by atoms with E-state index in [0.29, 0.717) is 5.75 Å². The van der Waals surface area contributed by atoms with Crippen LogP contribution in [0.3, 0.4) is 0 Å². The van der Waals surface area contributed by atoms with Crippen molar-refractivity contribution >= 4 is 5.97 Å². The predicted molar refractivity (Wildman–Crippen MR) is 104 cm³/mol. The van der Waals surface area contributed by atoms with Crippen molar-refractivity contribution in [3.63, 3.8) is 0 Å². The number of ether oxygens (including phenoxy) is 3. The van der Waals surface area contributed by atoms with Crippen LogP contribution in [0.5, 0.6) is 5.75 Å². The Hall–Kier alpha value is -1.83. The van der Waals surface area contributed by atoms with Gasteiger partial charge in [-0.05, 0) is 17.8 Å². The van der Waals surface area contributed by atoms with Gasteiger partial charge in [-0.3, -0.25) is 0 Å². The van der Waals surface area contributed by atoms with Crippen LogP contribution < -0.4 is 4.74 Å². The fraction of sp³-hybridized carbons (Fsp3) is 0.591. The molecule has 0 aliphatic rings. The molecule has 1 rings (SSSR count). The maximum absolute atomic E-state index is 12.4. The highest BCUT2D eigenvalue weighted by molar-refractivity contribution is 5.90. The molecule has 0 heterocycles. The van der Waals surface area contributed by atoms with E-state index in [4.69, 9.17) is 14.2 Å². The van der Waals surface area contributed by atoms with E-state index in [2.05, 4.69) is 53.4 Å². The van der Waals surface area contributed by atoms with Gasteiger partial charge in [0.15, 0.2) is 6.29 Å². The first-order valence-electron chi connectivity index (χ1n) is 8.84. The Kier molecular flexibility index (Phi) is 7.44. The van der Waals surface area contributed by atoms with Crippen LogP contribution in [0.2, 0.25) is 0 Å². The zero-order chi connectivity index (χ0) is 20.1.